The summed E-state index contributed by atoms with van der Waals surface area (Å²) in [6, 6.07) is 13.1. The summed E-state index contributed by atoms with van der Waals surface area (Å²) in [6.07, 6.45) is 0. The Morgan fingerprint density at radius 3 is 2.43 bits per heavy atom. The van der Waals surface area contributed by atoms with Crippen LogP contribution >= 0.6 is 15.9 Å². The van der Waals surface area contributed by atoms with Gasteiger partial charge in [-0.15, -0.1) is 0 Å². The zero-order valence-corrected chi connectivity index (χ0v) is 20.0. The summed E-state index contributed by atoms with van der Waals surface area (Å²) < 4.78 is 6.61. The van der Waals surface area contributed by atoms with Crippen LogP contribution in [0.3, 0.4) is 0 Å². The van der Waals surface area contributed by atoms with Crippen molar-refractivity contribution < 1.29 is 14.3 Å². The second-order valence-corrected chi connectivity index (χ2v) is 8.51. The Morgan fingerprint density at radius 2 is 1.83 bits per heavy atom. The molecule has 0 aliphatic heterocycles. The van der Waals surface area contributed by atoms with Crippen molar-refractivity contribution in [2.24, 2.45) is 0 Å². The van der Waals surface area contributed by atoms with Gasteiger partial charge in [0.2, 0.25) is 5.91 Å². The number of benzene rings is 2. The van der Waals surface area contributed by atoms with Crippen LogP contribution < -0.4 is 10.1 Å². The molecule has 0 spiro atoms. The van der Waals surface area contributed by atoms with Gasteiger partial charge >= 0.3 is 0 Å². The molecule has 162 valence electrons. The zero-order chi connectivity index (χ0) is 22.3. The van der Waals surface area contributed by atoms with E-state index in [1.54, 1.807) is 11.8 Å². The molecular formula is C24H31BrN2O3. The van der Waals surface area contributed by atoms with Crippen LogP contribution in [0, 0.1) is 6.92 Å². The third kappa shape index (κ3) is 6.33. The Morgan fingerprint density at radius 1 is 1.13 bits per heavy atom. The monoisotopic (exact) mass is 474 g/mol. The third-order valence-electron chi connectivity index (χ3n) is 5.09. The fraction of sp³-hybridized carbons (Fsp3) is 0.417. The van der Waals surface area contributed by atoms with Gasteiger partial charge in [0.1, 0.15) is 11.8 Å². The van der Waals surface area contributed by atoms with Crippen LogP contribution in [0.2, 0.25) is 0 Å². The van der Waals surface area contributed by atoms with E-state index in [0.29, 0.717) is 24.8 Å². The molecule has 2 rings (SSSR count). The van der Waals surface area contributed by atoms with Gasteiger partial charge in [0.25, 0.3) is 5.91 Å². The average molecular weight is 475 g/mol. The highest BCUT2D eigenvalue weighted by Gasteiger charge is 2.26. The normalized spacial score (nSPS) is 11.8. The van der Waals surface area contributed by atoms with Gasteiger partial charge in [-0.05, 0) is 71.4 Å². The summed E-state index contributed by atoms with van der Waals surface area (Å²) in [6.45, 7) is 10.6. The highest BCUT2D eigenvalue weighted by atomic mass is 79.9. The van der Waals surface area contributed by atoms with Gasteiger partial charge in [-0.3, -0.25) is 9.59 Å². The minimum atomic E-state index is -0.604. The molecule has 0 bridgehead atoms. The lowest BCUT2D eigenvalue weighted by molar-refractivity contribution is -0.142. The van der Waals surface area contributed by atoms with Crippen molar-refractivity contribution in [2.75, 3.05) is 13.2 Å². The second kappa shape index (κ2) is 11.2. The quantitative estimate of drug-likeness (QED) is 0.566. The van der Waals surface area contributed by atoms with Crippen LogP contribution in [0.25, 0.3) is 0 Å². The van der Waals surface area contributed by atoms with E-state index in [2.05, 4.69) is 35.1 Å². The molecular weight excluding hydrogens is 444 g/mol. The molecule has 5 nitrogen and oxygen atoms in total. The van der Waals surface area contributed by atoms with E-state index in [4.69, 9.17) is 4.74 Å². The van der Waals surface area contributed by atoms with Crippen molar-refractivity contribution in [1.82, 2.24) is 10.2 Å². The third-order valence-corrected chi connectivity index (χ3v) is 5.71. The van der Waals surface area contributed by atoms with Gasteiger partial charge in [0.15, 0.2) is 6.61 Å². The summed E-state index contributed by atoms with van der Waals surface area (Å²) in [5.41, 5.74) is 3.27. The number of carbonyl (C=O) groups excluding carboxylic acids is 2. The number of nitrogens with one attached hydrogen (secondary N) is 1. The molecule has 0 saturated carbocycles. The minimum Gasteiger partial charge on any atom is -0.483 e. The Bertz CT molecular complexity index is 883. The number of nitrogens with zero attached hydrogens (tertiary/aromatic N) is 1. The van der Waals surface area contributed by atoms with Crippen LogP contribution in [-0.4, -0.2) is 35.9 Å². The van der Waals surface area contributed by atoms with E-state index in [-0.39, 0.29) is 18.4 Å². The van der Waals surface area contributed by atoms with E-state index < -0.39 is 6.04 Å². The Balaban J connectivity index is 2.17. The van der Waals surface area contributed by atoms with E-state index in [9.17, 15) is 9.59 Å². The standard InChI is InChI=1S/C24H31BrN2O3/c1-6-26-24(29)18(5)27(14-20-10-8-7-9-17(20)4)23(28)15-30-22-12-11-19(16(2)3)13-21(22)25/h7-13,16,18H,6,14-15H2,1-5H3,(H,26,29). The van der Waals surface area contributed by atoms with Gasteiger partial charge in [-0.25, -0.2) is 0 Å². The summed E-state index contributed by atoms with van der Waals surface area (Å²) >= 11 is 3.52. The van der Waals surface area contributed by atoms with E-state index in [0.717, 1.165) is 15.6 Å². The predicted octanol–water partition coefficient (Wildman–Crippen LogP) is 4.81. The number of ether oxygens (including phenoxy) is 1. The van der Waals surface area contributed by atoms with Crippen molar-refractivity contribution >= 4 is 27.7 Å². The van der Waals surface area contributed by atoms with Crippen LogP contribution in [0.4, 0.5) is 0 Å². The maximum atomic E-state index is 13.1. The molecule has 2 aromatic carbocycles. The van der Waals surface area contributed by atoms with Crippen molar-refractivity contribution in [1.29, 1.82) is 0 Å². The molecule has 2 aromatic rings. The lowest BCUT2D eigenvalue weighted by atomic mass is 10.0. The first kappa shape index (κ1) is 23.9. The molecule has 0 aliphatic rings. The summed E-state index contributed by atoms with van der Waals surface area (Å²) in [4.78, 5) is 27.1. The first-order valence-electron chi connectivity index (χ1n) is 10.3. The maximum Gasteiger partial charge on any atom is 0.261 e. The first-order chi connectivity index (χ1) is 14.2. The minimum absolute atomic E-state index is 0.144. The Labute approximate surface area is 187 Å². The number of rotatable bonds is 9. The molecule has 0 saturated heterocycles. The number of aryl methyl sites for hydroxylation is 1. The molecule has 0 heterocycles. The Hall–Kier alpha value is -2.34. The predicted molar refractivity (Wildman–Crippen MR) is 124 cm³/mol. The molecule has 0 aliphatic carbocycles. The largest absolute Gasteiger partial charge is 0.483 e. The summed E-state index contributed by atoms with van der Waals surface area (Å²) in [7, 11) is 0. The second-order valence-electron chi connectivity index (χ2n) is 7.65. The van der Waals surface area contributed by atoms with E-state index >= 15 is 0 Å². The lowest BCUT2D eigenvalue weighted by Crippen LogP contribution is -2.49. The highest BCUT2D eigenvalue weighted by molar-refractivity contribution is 9.10. The average Bonchev–Trinajstić information content (AvgIpc) is 2.71. The number of likely N-dealkylation sites (N-methyl/N-ethyl adjacent to an activating group) is 1. The SMILES string of the molecule is CCNC(=O)C(C)N(Cc1ccccc1C)C(=O)COc1ccc(C(C)C)cc1Br. The van der Waals surface area contributed by atoms with Crippen molar-refractivity contribution in [3.63, 3.8) is 0 Å². The highest BCUT2D eigenvalue weighted by Crippen LogP contribution is 2.29. The van der Waals surface area contributed by atoms with Crippen LogP contribution in [0.1, 0.15) is 50.3 Å². The lowest BCUT2D eigenvalue weighted by Gasteiger charge is -2.29. The molecule has 6 heteroatoms. The van der Waals surface area contributed by atoms with Crippen molar-refractivity contribution in [3.05, 3.63) is 63.6 Å². The van der Waals surface area contributed by atoms with Crippen LogP contribution in [0.15, 0.2) is 46.9 Å². The zero-order valence-electron chi connectivity index (χ0n) is 18.4. The van der Waals surface area contributed by atoms with Gasteiger partial charge < -0.3 is 15.0 Å². The van der Waals surface area contributed by atoms with E-state index in [1.165, 1.54) is 5.56 Å². The maximum absolute atomic E-state index is 13.1. The Kier molecular flexibility index (Phi) is 8.90. The molecule has 1 N–H and O–H groups in total. The number of hydrogen-bond acceptors (Lipinski definition) is 3. The van der Waals surface area contributed by atoms with Crippen molar-refractivity contribution in [3.8, 4) is 5.75 Å². The molecule has 0 fully saturated rings. The van der Waals surface area contributed by atoms with Gasteiger partial charge in [0, 0.05) is 13.1 Å². The number of amides is 2. The fourth-order valence-electron chi connectivity index (χ4n) is 3.09. The molecule has 1 unspecified atom stereocenters. The number of hydrogen-bond donors (Lipinski definition) is 1. The molecule has 0 aromatic heterocycles. The molecule has 2 amide bonds. The van der Waals surface area contributed by atoms with Crippen LogP contribution in [0.5, 0.6) is 5.75 Å². The van der Waals surface area contributed by atoms with Gasteiger partial charge in [-0.2, -0.15) is 0 Å². The molecule has 30 heavy (non-hydrogen) atoms. The van der Waals surface area contributed by atoms with E-state index in [1.807, 2.05) is 56.3 Å². The van der Waals surface area contributed by atoms with Gasteiger partial charge in [0.05, 0.1) is 4.47 Å². The number of halogens is 1. The summed E-state index contributed by atoms with van der Waals surface area (Å²) in [5.74, 6) is 0.590. The summed E-state index contributed by atoms with van der Waals surface area (Å²) in [5, 5.41) is 2.80. The first-order valence-corrected chi connectivity index (χ1v) is 11.1. The van der Waals surface area contributed by atoms with Crippen molar-refractivity contribution in [2.45, 2.75) is 53.1 Å². The van der Waals surface area contributed by atoms with Gasteiger partial charge in [-0.1, -0.05) is 44.2 Å². The topological polar surface area (TPSA) is 58.6 Å². The molecule has 0 radical (unpaired) electrons. The fourth-order valence-corrected chi connectivity index (χ4v) is 3.60. The van der Waals surface area contributed by atoms with Crippen LogP contribution in [-0.2, 0) is 16.1 Å². The number of carbonyl (C=O) groups is 2. The molecule has 1 atom stereocenters. The smallest absolute Gasteiger partial charge is 0.261 e.